The topological polar surface area (TPSA) is 146 Å². The standard InChI is InChI=1S/C19H18N4O6/c1-4-27-17(25)12-14(21)29-15-13(19(12,9-20)18(26)28-5-2)16(24)23-8-10(3)6-7-11(23)22-15/h6-8H,4-5,21H2,1-3H3. The molecule has 3 heterocycles. The lowest BCUT2D eigenvalue weighted by atomic mass is 9.74. The summed E-state index contributed by atoms with van der Waals surface area (Å²) in [5.74, 6) is -3.13. The Kier molecular flexibility index (Phi) is 4.99. The van der Waals surface area contributed by atoms with Gasteiger partial charge in [-0.2, -0.15) is 10.2 Å². The second kappa shape index (κ2) is 7.27. The second-order valence-electron chi connectivity index (χ2n) is 6.18. The van der Waals surface area contributed by atoms with E-state index in [0.717, 1.165) is 9.96 Å². The van der Waals surface area contributed by atoms with Crippen LogP contribution in [0.5, 0.6) is 5.88 Å². The molecular weight excluding hydrogens is 380 g/mol. The number of hydrogen-bond donors (Lipinski definition) is 1. The molecular formula is C19H18N4O6. The number of fused-ring (bicyclic) bond motifs is 2. The van der Waals surface area contributed by atoms with E-state index in [-0.39, 0.29) is 24.7 Å². The summed E-state index contributed by atoms with van der Waals surface area (Å²) in [6.07, 6.45) is 1.49. The van der Waals surface area contributed by atoms with Gasteiger partial charge < -0.3 is 19.9 Å². The molecule has 1 aliphatic rings. The molecule has 1 aliphatic heterocycles. The third-order valence-corrected chi connectivity index (χ3v) is 4.37. The molecule has 0 spiro atoms. The number of aromatic nitrogens is 2. The van der Waals surface area contributed by atoms with Crippen molar-refractivity contribution in [2.75, 3.05) is 13.2 Å². The van der Waals surface area contributed by atoms with Gasteiger partial charge in [-0.1, -0.05) is 6.07 Å². The van der Waals surface area contributed by atoms with E-state index in [1.807, 2.05) is 0 Å². The summed E-state index contributed by atoms with van der Waals surface area (Å²) >= 11 is 0. The SMILES string of the molecule is CCOC(=O)C1=C(N)Oc2nc3ccc(C)cn3c(=O)c2C1(C#N)C(=O)OCC. The number of carbonyl (C=O) groups excluding carboxylic acids is 2. The molecule has 0 aromatic carbocycles. The highest BCUT2D eigenvalue weighted by Crippen LogP contribution is 2.41. The van der Waals surface area contributed by atoms with Crippen LogP contribution in [0.15, 0.2) is 34.6 Å². The van der Waals surface area contributed by atoms with E-state index in [2.05, 4.69) is 4.98 Å². The number of nitriles is 1. The predicted octanol–water partition coefficient (Wildman–Crippen LogP) is 0.453. The van der Waals surface area contributed by atoms with Gasteiger partial charge in [-0.05, 0) is 32.4 Å². The number of rotatable bonds is 4. The van der Waals surface area contributed by atoms with Gasteiger partial charge in [-0.25, -0.2) is 9.59 Å². The average Bonchev–Trinajstić information content (AvgIpc) is 2.67. The molecule has 3 rings (SSSR count). The van der Waals surface area contributed by atoms with Crippen LogP contribution in [-0.4, -0.2) is 34.5 Å². The number of hydrogen-bond acceptors (Lipinski definition) is 9. The van der Waals surface area contributed by atoms with Gasteiger partial charge in [-0.3, -0.25) is 9.20 Å². The predicted molar refractivity (Wildman–Crippen MR) is 98.6 cm³/mol. The van der Waals surface area contributed by atoms with Crippen LogP contribution in [0.3, 0.4) is 0 Å². The molecule has 2 aromatic heterocycles. The summed E-state index contributed by atoms with van der Waals surface area (Å²) in [6, 6.07) is 5.05. The van der Waals surface area contributed by atoms with E-state index < -0.39 is 39.9 Å². The van der Waals surface area contributed by atoms with Crippen LogP contribution in [-0.2, 0) is 24.5 Å². The van der Waals surface area contributed by atoms with E-state index in [9.17, 15) is 19.6 Å². The highest BCUT2D eigenvalue weighted by atomic mass is 16.5. The number of aryl methyl sites for hydroxylation is 1. The molecule has 0 radical (unpaired) electrons. The molecule has 0 saturated carbocycles. The van der Waals surface area contributed by atoms with E-state index in [4.69, 9.17) is 19.9 Å². The molecule has 0 saturated heterocycles. The minimum atomic E-state index is -2.49. The smallest absolute Gasteiger partial charge is 0.342 e. The first-order valence-electron chi connectivity index (χ1n) is 8.78. The summed E-state index contributed by atoms with van der Waals surface area (Å²) in [7, 11) is 0. The molecule has 2 N–H and O–H groups in total. The van der Waals surface area contributed by atoms with Gasteiger partial charge in [0.05, 0.1) is 19.3 Å². The summed E-state index contributed by atoms with van der Waals surface area (Å²) in [5.41, 5.74) is 2.49. The van der Waals surface area contributed by atoms with E-state index >= 15 is 0 Å². The van der Waals surface area contributed by atoms with Crippen molar-refractivity contribution >= 4 is 17.6 Å². The Morgan fingerprint density at radius 3 is 2.62 bits per heavy atom. The molecule has 0 amide bonds. The van der Waals surface area contributed by atoms with Crippen molar-refractivity contribution < 1.29 is 23.8 Å². The molecule has 10 nitrogen and oxygen atoms in total. The highest BCUT2D eigenvalue weighted by Gasteiger charge is 2.58. The van der Waals surface area contributed by atoms with Crippen LogP contribution in [0.4, 0.5) is 0 Å². The largest absolute Gasteiger partial charge is 0.464 e. The minimum absolute atomic E-state index is 0.0546. The van der Waals surface area contributed by atoms with Crippen LogP contribution in [0.1, 0.15) is 25.0 Å². The normalized spacial score (nSPS) is 17.9. The zero-order valence-corrected chi connectivity index (χ0v) is 16.0. The summed E-state index contributed by atoms with van der Waals surface area (Å²) in [5, 5.41) is 10.1. The monoisotopic (exact) mass is 398 g/mol. The van der Waals surface area contributed by atoms with E-state index in [1.165, 1.54) is 20.0 Å². The van der Waals surface area contributed by atoms with Gasteiger partial charge in [0.25, 0.3) is 5.56 Å². The third kappa shape index (κ3) is 2.87. The van der Waals surface area contributed by atoms with Crippen molar-refractivity contribution in [2.24, 2.45) is 5.73 Å². The molecule has 1 atom stereocenters. The third-order valence-electron chi connectivity index (χ3n) is 4.37. The van der Waals surface area contributed by atoms with Crippen molar-refractivity contribution in [3.05, 3.63) is 51.3 Å². The number of carbonyl (C=O) groups is 2. The van der Waals surface area contributed by atoms with Gasteiger partial charge in [0, 0.05) is 6.20 Å². The molecule has 1 unspecified atom stereocenters. The van der Waals surface area contributed by atoms with Crippen LogP contribution in [0.2, 0.25) is 0 Å². The van der Waals surface area contributed by atoms with E-state index in [1.54, 1.807) is 25.1 Å². The van der Waals surface area contributed by atoms with Crippen LogP contribution >= 0.6 is 0 Å². The second-order valence-corrected chi connectivity index (χ2v) is 6.18. The maximum atomic E-state index is 13.3. The Balaban J connectivity index is 2.46. The van der Waals surface area contributed by atoms with Crippen molar-refractivity contribution in [3.63, 3.8) is 0 Å². The molecule has 10 heteroatoms. The molecule has 150 valence electrons. The quantitative estimate of drug-likeness (QED) is 0.725. The van der Waals surface area contributed by atoms with Crippen LogP contribution in [0.25, 0.3) is 5.65 Å². The minimum Gasteiger partial charge on any atom is -0.464 e. The number of ether oxygens (including phenoxy) is 3. The highest BCUT2D eigenvalue weighted by molar-refractivity contribution is 6.05. The fourth-order valence-corrected chi connectivity index (χ4v) is 3.14. The molecule has 29 heavy (non-hydrogen) atoms. The molecule has 0 bridgehead atoms. The van der Waals surface area contributed by atoms with Gasteiger partial charge in [0.15, 0.2) is 0 Å². The Bertz CT molecular complexity index is 1160. The van der Waals surface area contributed by atoms with Gasteiger partial charge in [-0.15, -0.1) is 0 Å². The maximum absolute atomic E-state index is 13.3. The molecule has 0 fully saturated rings. The lowest BCUT2D eigenvalue weighted by Crippen LogP contribution is -2.50. The number of pyridine rings is 1. The lowest BCUT2D eigenvalue weighted by molar-refractivity contribution is -0.150. The maximum Gasteiger partial charge on any atom is 0.342 e. The zero-order chi connectivity index (χ0) is 21.3. The molecule has 0 aliphatic carbocycles. The van der Waals surface area contributed by atoms with E-state index in [0.29, 0.717) is 0 Å². The Morgan fingerprint density at radius 1 is 1.31 bits per heavy atom. The van der Waals surface area contributed by atoms with Gasteiger partial charge >= 0.3 is 11.9 Å². The van der Waals surface area contributed by atoms with Crippen molar-refractivity contribution in [1.82, 2.24) is 9.38 Å². The average molecular weight is 398 g/mol. The van der Waals surface area contributed by atoms with Crippen molar-refractivity contribution in [3.8, 4) is 11.9 Å². The number of esters is 2. The summed E-state index contributed by atoms with van der Waals surface area (Å²) < 4.78 is 16.5. The summed E-state index contributed by atoms with van der Waals surface area (Å²) in [4.78, 5) is 43.1. The number of nitrogens with two attached hydrogens (primary N) is 1. The fraction of sp³-hybridized carbons (Fsp3) is 0.316. The first-order valence-corrected chi connectivity index (χ1v) is 8.78. The fourth-order valence-electron chi connectivity index (χ4n) is 3.14. The Hall–Kier alpha value is -3.87. The Morgan fingerprint density at radius 2 is 2.00 bits per heavy atom. The van der Waals surface area contributed by atoms with Crippen molar-refractivity contribution in [2.45, 2.75) is 26.2 Å². The van der Waals surface area contributed by atoms with Gasteiger partial charge in [0.1, 0.15) is 16.8 Å². The summed E-state index contributed by atoms with van der Waals surface area (Å²) in [6.45, 7) is 4.66. The zero-order valence-electron chi connectivity index (χ0n) is 16.0. The first kappa shape index (κ1) is 19.9. The lowest BCUT2D eigenvalue weighted by Gasteiger charge is -2.31. The Labute approximate surface area is 165 Å². The molecule has 2 aromatic rings. The van der Waals surface area contributed by atoms with Gasteiger partial charge in [0.2, 0.25) is 17.2 Å². The number of nitrogens with zero attached hydrogens (tertiary/aromatic N) is 3. The van der Waals surface area contributed by atoms with Crippen LogP contribution < -0.4 is 16.0 Å². The van der Waals surface area contributed by atoms with Crippen molar-refractivity contribution in [1.29, 1.82) is 5.26 Å². The van der Waals surface area contributed by atoms with Crippen LogP contribution in [0, 0.1) is 18.3 Å². The first-order chi connectivity index (χ1) is 13.8.